The normalized spacial score (nSPS) is 25.0. The second-order valence-electron chi connectivity index (χ2n) is 4.74. The van der Waals surface area contributed by atoms with Crippen LogP contribution in [0.15, 0.2) is 5.38 Å². The smallest absolute Gasteiger partial charge is 0.273 e. The van der Waals surface area contributed by atoms with Crippen molar-refractivity contribution in [3.05, 3.63) is 16.1 Å². The molecule has 1 aromatic heterocycles. The Morgan fingerprint density at radius 3 is 3.00 bits per heavy atom. The second kappa shape index (κ2) is 5.14. The van der Waals surface area contributed by atoms with E-state index in [4.69, 9.17) is 5.73 Å². The number of aryl methyl sites for hydroxylation is 1. The Kier molecular flexibility index (Phi) is 3.79. The first-order chi connectivity index (χ1) is 8.11. The van der Waals surface area contributed by atoms with Crippen LogP contribution in [0.5, 0.6) is 0 Å². The van der Waals surface area contributed by atoms with Crippen LogP contribution in [-0.4, -0.2) is 34.9 Å². The van der Waals surface area contributed by atoms with Crippen LogP contribution < -0.4 is 5.73 Å². The Hall–Kier alpha value is -0.940. The zero-order valence-electron chi connectivity index (χ0n) is 10.3. The Morgan fingerprint density at radius 1 is 1.65 bits per heavy atom. The zero-order chi connectivity index (χ0) is 12.4. The fraction of sp³-hybridized carbons (Fsp3) is 0.667. The van der Waals surface area contributed by atoms with Gasteiger partial charge < -0.3 is 10.6 Å². The van der Waals surface area contributed by atoms with Crippen LogP contribution in [-0.2, 0) is 0 Å². The third kappa shape index (κ3) is 2.66. The van der Waals surface area contributed by atoms with Gasteiger partial charge in [-0.15, -0.1) is 11.3 Å². The zero-order valence-corrected chi connectivity index (χ0v) is 11.2. The van der Waals surface area contributed by atoms with Gasteiger partial charge in [0.25, 0.3) is 5.91 Å². The minimum atomic E-state index is 0.0556. The van der Waals surface area contributed by atoms with Crippen molar-refractivity contribution in [3.63, 3.8) is 0 Å². The van der Waals surface area contributed by atoms with Crippen LogP contribution in [0.25, 0.3) is 0 Å². The largest absolute Gasteiger partial charge is 0.334 e. The summed E-state index contributed by atoms with van der Waals surface area (Å²) in [7, 11) is 0. The summed E-state index contributed by atoms with van der Waals surface area (Å²) >= 11 is 1.52. The molecule has 2 rings (SSSR count). The molecule has 0 radical (unpaired) electrons. The fourth-order valence-corrected chi connectivity index (χ4v) is 2.85. The molecule has 2 N–H and O–H groups in total. The van der Waals surface area contributed by atoms with E-state index in [1.54, 1.807) is 0 Å². The monoisotopic (exact) mass is 253 g/mol. The predicted molar refractivity (Wildman–Crippen MR) is 69.1 cm³/mol. The van der Waals surface area contributed by atoms with Gasteiger partial charge in [0.15, 0.2) is 0 Å². The molecule has 1 fully saturated rings. The third-order valence-corrected chi connectivity index (χ3v) is 4.19. The predicted octanol–water partition coefficient (Wildman–Crippen LogP) is 1.65. The molecule has 4 nitrogen and oxygen atoms in total. The number of carbonyl (C=O) groups is 1. The molecule has 1 saturated heterocycles. The molecule has 0 aromatic carbocycles. The minimum absolute atomic E-state index is 0.0556. The summed E-state index contributed by atoms with van der Waals surface area (Å²) in [6, 6.07) is 0.298. The summed E-state index contributed by atoms with van der Waals surface area (Å²) in [6.07, 6.45) is 2.16. The Balaban J connectivity index is 2.12. The van der Waals surface area contributed by atoms with E-state index >= 15 is 0 Å². The number of carbonyl (C=O) groups excluding carboxylic acids is 1. The number of rotatable bonds is 2. The molecular formula is C12H19N3OS. The average molecular weight is 253 g/mol. The first-order valence-corrected chi connectivity index (χ1v) is 6.93. The lowest BCUT2D eigenvalue weighted by atomic mass is 9.93. The molecule has 0 bridgehead atoms. The third-order valence-electron chi connectivity index (χ3n) is 3.41. The number of piperidine rings is 1. The number of amides is 1. The number of nitrogens with zero attached hydrogens (tertiary/aromatic N) is 2. The first-order valence-electron chi connectivity index (χ1n) is 6.05. The Bertz CT molecular complexity index is 404. The average Bonchev–Trinajstić information content (AvgIpc) is 2.76. The molecule has 0 spiro atoms. The highest BCUT2D eigenvalue weighted by atomic mass is 32.1. The first kappa shape index (κ1) is 12.5. The number of aromatic nitrogens is 1. The Morgan fingerprint density at radius 2 is 2.41 bits per heavy atom. The van der Waals surface area contributed by atoms with E-state index in [1.165, 1.54) is 11.3 Å². The lowest BCUT2D eigenvalue weighted by Crippen LogP contribution is -2.47. The molecule has 1 aromatic rings. The van der Waals surface area contributed by atoms with E-state index in [2.05, 4.69) is 11.9 Å². The maximum atomic E-state index is 12.3. The second-order valence-corrected chi connectivity index (χ2v) is 5.80. The molecule has 17 heavy (non-hydrogen) atoms. The van der Waals surface area contributed by atoms with Crippen molar-refractivity contribution in [2.45, 2.75) is 32.7 Å². The highest BCUT2D eigenvalue weighted by Crippen LogP contribution is 2.23. The molecule has 2 heterocycles. The van der Waals surface area contributed by atoms with Crippen molar-refractivity contribution in [3.8, 4) is 0 Å². The molecule has 1 aliphatic rings. The fourth-order valence-electron chi connectivity index (χ4n) is 2.27. The van der Waals surface area contributed by atoms with Gasteiger partial charge in [-0.3, -0.25) is 4.79 Å². The van der Waals surface area contributed by atoms with Crippen LogP contribution in [0, 0.1) is 12.8 Å². The summed E-state index contributed by atoms with van der Waals surface area (Å²) < 4.78 is 0. The standard InChI is InChI=1S/C12H19N3OS/c1-8-3-4-10(5-13)6-15(8)12(16)11-7-17-9(2)14-11/h7-8,10H,3-6,13H2,1-2H3. The topological polar surface area (TPSA) is 59.2 Å². The van der Waals surface area contributed by atoms with E-state index < -0.39 is 0 Å². The Labute approximate surface area is 106 Å². The van der Waals surface area contributed by atoms with Gasteiger partial charge in [0.1, 0.15) is 5.69 Å². The van der Waals surface area contributed by atoms with Gasteiger partial charge in [-0.2, -0.15) is 0 Å². The summed E-state index contributed by atoms with van der Waals surface area (Å²) in [5, 5.41) is 2.78. The number of thiazole rings is 1. The summed E-state index contributed by atoms with van der Waals surface area (Å²) in [4.78, 5) is 18.5. The van der Waals surface area contributed by atoms with Crippen molar-refractivity contribution in [1.29, 1.82) is 0 Å². The van der Waals surface area contributed by atoms with Crippen LogP contribution >= 0.6 is 11.3 Å². The lowest BCUT2D eigenvalue weighted by Gasteiger charge is -2.37. The van der Waals surface area contributed by atoms with E-state index in [0.717, 1.165) is 24.4 Å². The maximum Gasteiger partial charge on any atom is 0.273 e. The van der Waals surface area contributed by atoms with Crippen LogP contribution in [0.4, 0.5) is 0 Å². The maximum absolute atomic E-state index is 12.3. The summed E-state index contributed by atoms with van der Waals surface area (Å²) in [6.45, 7) is 5.45. The van der Waals surface area contributed by atoms with Gasteiger partial charge in [0, 0.05) is 18.0 Å². The van der Waals surface area contributed by atoms with Crippen LogP contribution in [0.2, 0.25) is 0 Å². The van der Waals surface area contributed by atoms with Crippen molar-refractivity contribution in [2.75, 3.05) is 13.1 Å². The molecule has 2 unspecified atom stereocenters. The summed E-state index contributed by atoms with van der Waals surface area (Å²) in [5.74, 6) is 0.495. The van der Waals surface area contributed by atoms with Gasteiger partial charge in [-0.1, -0.05) is 0 Å². The molecule has 1 aliphatic heterocycles. The number of likely N-dealkylation sites (tertiary alicyclic amines) is 1. The molecule has 0 aliphatic carbocycles. The number of hydrogen-bond donors (Lipinski definition) is 1. The lowest BCUT2D eigenvalue weighted by molar-refractivity contribution is 0.0561. The van der Waals surface area contributed by atoms with E-state index in [-0.39, 0.29) is 5.91 Å². The van der Waals surface area contributed by atoms with Crippen molar-refractivity contribution >= 4 is 17.2 Å². The van der Waals surface area contributed by atoms with Crippen molar-refractivity contribution < 1.29 is 4.79 Å². The van der Waals surface area contributed by atoms with E-state index in [9.17, 15) is 4.79 Å². The molecule has 2 atom stereocenters. The molecule has 94 valence electrons. The molecule has 0 saturated carbocycles. The van der Waals surface area contributed by atoms with Crippen molar-refractivity contribution in [1.82, 2.24) is 9.88 Å². The van der Waals surface area contributed by atoms with Gasteiger partial charge in [0.05, 0.1) is 5.01 Å². The minimum Gasteiger partial charge on any atom is -0.334 e. The molecule has 5 heteroatoms. The van der Waals surface area contributed by atoms with Gasteiger partial charge in [0.2, 0.25) is 0 Å². The van der Waals surface area contributed by atoms with Crippen LogP contribution in [0.1, 0.15) is 35.3 Å². The number of nitrogens with two attached hydrogens (primary N) is 1. The molecule has 1 amide bonds. The highest BCUT2D eigenvalue weighted by molar-refractivity contribution is 7.09. The number of hydrogen-bond acceptors (Lipinski definition) is 4. The highest BCUT2D eigenvalue weighted by Gasteiger charge is 2.29. The van der Waals surface area contributed by atoms with Crippen LogP contribution in [0.3, 0.4) is 0 Å². The van der Waals surface area contributed by atoms with Crippen molar-refractivity contribution in [2.24, 2.45) is 11.7 Å². The van der Waals surface area contributed by atoms with E-state index in [1.807, 2.05) is 17.2 Å². The SMILES string of the molecule is Cc1nc(C(=O)N2CC(CN)CCC2C)cs1. The van der Waals surface area contributed by atoms with Gasteiger partial charge >= 0.3 is 0 Å². The summed E-state index contributed by atoms with van der Waals surface area (Å²) in [5.41, 5.74) is 6.28. The van der Waals surface area contributed by atoms with Gasteiger partial charge in [-0.25, -0.2) is 4.98 Å². The van der Waals surface area contributed by atoms with Gasteiger partial charge in [-0.05, 0) is 39.2 Å². The van der Waals surface area contributed by atoms with E-state index in [0.29, 0.717) is 24.2 Å². The molecular weight excluding hydrogens is 234 g/mol. The quantitative estimate of drug-likeness (QED) is 0.872.